The maximum atomic E-state index is 6.01. The number of hydrogen-bond acceptors (Lipinski definition) is 4. The lowest BCUT2D eigenvalue weighted by Gasteiger charge is -2.32. The summed E-state index contributed by atoms with van der Waals surface area (Å²) in [7, 11) is 0. The molecule has 0 aliphatic carbocycles. The standard InChI is InChI=1S/C14H29N3O/c1-3-16(4-2)13-5-7-17(10-13)14(9-15)12-6-8-18-11-12/h12-14H,3-11,15H2,1-2H3. The van der Waals surface area contributed by atoms with Gasteiger partial charge in [0.25, 0.3) is 0 Å². The molecule has 2 aliphatic rings. The fourth-order valence-corrected chi connectivity index (χ4v) is 3.60. The van der Waals surface area contributed by atoms with E-state index >= 15 is 0 Å². The molecule has 106 valence electrons. The Morgan fingerprint density at radius 3 is 2.67 bits per heavy atom. The molecule has 0 aromatic carbocycles. The molecule has 18 heavy (non-hydrogen) atoms. The minimum atomic E-state index is 0.535. The fraction of sp³-hybridized carbons (Fsp3) is 1.00. The summed E-state index contributed by atoms with van der Waals surface area (Å²) in [6, 6.07) is 1.27. The van der Waals surface area contributed by atoms with Gasteiger partial charge in [-0.05, 0) is 25.9 Å². The minimum Gasteiger partial charge on any atom is -0.381 e. The van der Waals surface area contributed by atoms with E-state index < -0.39 is 0 Å². The highest BCUT2D eigenvalue weighted by Crippen LogP contribution is 2.25. The molecule has 0 bridgehead atoms. The third-order valence-electron chi connectivity index (χ3n) is 4.74. The van der Waals surface area contributed by atoms with Crippen LogP contribution in [0.3, 0.4) is 0 Å². The number of likely N-dealkylation sites (tertiary alicyclic amines) is 1. The van der Waals surface area contributed by atoms with Gasteiger partial charge in [-0.25, -0.2) is 0 Å². The van der Waals surface area contributed by atoms with Gasteiger partial charge in [-0.3, -0.25) is 9.80 Å². The second-order valence-corrected chi connectivity index (χ2v) is 5.59. The van der Waals surface area contributed by atoms with Gasteiger partial charge in [0.15, 0.2) is 0 Å². The summed E-state index contributed by atoms with van der Waals surface area (Å²) >= 11 is 0. The van der Waals surface area contributed by atoms with Crippen LogP contribution in [0.4, 0.5) is 0 Å². The van der Waals surface area contributed by atoms with Crippen LogP contribution in [0.15, 0.2) is 0 Å². The molecule has 0 spiro atoms. The van der Waals surface area contributed by atoms with Crippen molar-refractivity contribution in [3.05, 3.63) is 0 Å². The second-order valence-electron chi connectivity index (χ2n) is 5.59. The zero-order chi connectivity index (χ0) is 13.0. The van der Waals surface area contributed by atoms with E-state index in [0.29, 0.717) is 12.0 Å². The van der Waals surface area contributed by atoms with E-state index in [9.17, 15) is 0 Å². The Labute approximate surface area is 111 Å². The van der Waals surface area contributed by atoms with Gasteiger partial charge < -0.3 is 10.5 Å². The number of hydrogen-bond donors (Lipinski definition) is 1. The van der Waals surface area contributed by atoms with Gasteiger partial charge in [0.05, 0.1) is 6.61 Å². The van der Waals surface area contributed by atoms with Crippen molar-refractivity contribution in [3.8, 4) is 0 Å². The van der Waals surface area contributed by atoms with Crippen LogP contribution in [0.25, 0.3) is 0 Å². The van der Waals surface area contributed by atoms with E-state index in [-0.39, 0.29) is 0 Å². The first-order valence-electron chi connectivity index (χ1n) is 7.56. The van der Waals surface area contributed by atoms with Crippen molar-refractivity contribution in [1.29, 1.82) is 0 Å². The van der Waals surface area contributed by atoms with E-state index in [2.05, 4.69) is 23.6 Å². The van der Waals surface area contributed by atoms with E-state index in [1.54, 1.807) is 0 Å². The summed E-state index contributed by atoms with van der Waals surface area (Å²) in [5.74, 6) is 0.658. The molecule has 4 heteroatoms. The Bertz CT molecular complexity index is 239. The predicted octanol–water partition coefficient (Wildman–Crippen LogP) is 0.766. The summed E-state index contributed by atoms with van der Waals surface area (Å²) in [6.45, 7) is 11.9. The van der Waals surface area contributed by atoms with E-state index in [4.69, 9.17) is 10.5 Å². The van der Waals surface area contributed by atoms with Gasteiger partial charge in [0, 0.05) is 44.2 Å². The molecule has 0 saturated carbocycles. The summed E-state index contributed by atoms with van der Waals surface area (Å²) < 4.78 is 5.52. The van der Waals surface area contributed by atoms with Gasteiger partial charge in [-0.15, -0.1) is 0 Å². The quantitative estimate of drug-likeness (QED) is 0.761. The summed E-state index contributed by atoms with van der Waals surface area (Å²) in [4.78, 5) is 5.20. The number of rotatable bonds is 6. The molecule has 0 amide bonds. The van der Waals surface area contributed by atoms with E-state index in [0.717, 1.165) is 38.9 Å². The summed E-state index contributed by atoms with van der Waals surface area (Å²) in [6.07, 6.45) is 2.49. The van der Waals surface area contributed by atoms with Crippen molar-refractivity contribution >= 4 is 0 Å². The van der Waals surface area contributed by atoms with Crippen LogP contribution < -0.4 is 5.73 Å². The first kappa shape index (κ1) is 14.3. The van der Waals surface area contributed by atoms with E-state index in [1.165, 1.54) is 25.9 Å². The van der Waals surface area contributed by atoms with Crippen LogP contribution in [0, 0.1) is 5.92 Å². The third-order valence-corrected chi connectivity index (χ3v) is 4.74. The lowest BCUT2D eigenvalue weighted by molar-refractivity contribution is 0.129. The Morgan fingerprint density at radius 2 is 2.11 bits per heavy atom. The third kappa shape index (κ3) is 3.05. The lowest BCUT2D eigenvalue weighted by atomic mass is 9.98. The van der Waals surface area contributed by atoms with Crippen molar-refractivity contribution in [2.75, 3.05) is 45.9 Å². The molecule has 0 aromatic rings. The lowest BCUT2D eigenvalue weighted by Crippen LogP contribution is -2.46. The molecular formula is C14H29N3O. The zero-order valence-corrected chi connectivity index (χ0v) is 12.0. The minimum absolute atomic E-state index is 0.535. The number of nitrogens with two attached hydrogens (primary N) is 1. The molecular weight excluding hydrogens is 226 g/mol. The number of ether oxygens (including phenoxy) is 1. The molecule has 3 unspecified atom stereocenters. The number of nitrogens with zero attached hydrogens (tertiary/aromatic N) is 2. The number of likely N-dealkylation sites (N-methyl/N-ethyl adjacent to an activating group) is 1. The Kier molecular flexibility index (Phi) is 5.42. The first-order valence-corrected chi connectivity index (χ1v) is 7.56. The maximum absolute atomic E-state index is 6.01. The van der Waals surface area contributed by atoms with Crippen LogP contribution in [0.1, 0.15) is 26.7 Å². The molecule has 3 atom stereocenters. The predicted molar refractivity (Wildman–Crippen MR) is 74.7 cm³/mol. The summed E-state index contributed by atoms with van der Waals surface area (Å²) in [5, 5.41) is 0. The average Bonchev–Trinajstić information content (AvgIpc) is 3.04. The van der Waals surface area contributed by atoms with Crippen molar-refractivity contribution < 1.29 is 4.74 Å². The maximum Gasteiger partial charge on any atom is 0.0510 e. The smallest absolute Gasteiger partial charge is 0.0510 e. The SMILES string of the molecule is CCN(CC)C1CCN(C(CN)C2CCOC2)C1. The van der Waals surface area contributed by atoms with Gasteiger partial charge >= 0.3 is 0 Å². The van der Waals surface area contributed by atoms with Crippen molar-refractivity contribution in [1.82, 2.24) is 9.80 Å². The molecule has 2 aliphatic heterocycles. The monoisotopic (exact) mass is 255 g/mol. The van der Waals surface area contributed by atoms with E-state index in [1.807, 2.05) is 0 Å². The topological polar surface area (TPSA) is 41.7 Å². The van der Waals surface area contributed by atoms with Gasteiger partial charge in [0.2, 0.25) is 0 Å². The van der Waals surface area contributed by atoms with Crippen LogP contribution in [0.5, 0.6) is 0 Å². The first-order chi connectivity index (χ1) is 8.80. The van der Waals surface area contributed by atoms with Crippen LogP contribution >= 0.6 is 0 Å². The fourth-order valence-electron chi connectivity index (χ4n) is 3.60. The molecule has 2 rings (SSSR count). The molecule has 2 N–H and O–H groups in total. The molecule has 2 saturated heterocycles. The van der Waals surface area contributed by atoms with Gasteiger partial charge in [-0.1, -0.05) is 13.8 Å². The van der Waals surface area contributed by atoms with Gasteiger partial charge in [0.1, 0.15) is 0 Å². The molecule has 0 aromatic heterocycles. The highest BCUT2D eigenvalue weighted by atomic mass is 16.5. The van der Waals surface area contributed by atoms with Gasteiger partial charge in [-0.2, -0.15) is 0 Å². The highest BCUT2D eigenvalue weighted by molar-refractivity contribution is 4.90. The van der Waals surface area contributed by atoms with Crippen LogP contribution in [0.2, 0.25) is 0 Å². The highest BCUT2D eigenvalue weighted by Gasteiger charge is 2.35. The normalized spacial score (nSPS) is 31.3. The Morgan fingerprint density at radius 1 is 1.33 bits per heavy atom. The largest absolute Gasteiger partial charge is 0.381 e. The summed E-state index contributed by atoms with van der Waals surface area (Å²) in [5.41, 5.74) is 6.01. The van der Waals surface area contributed by atoms with Crippen LogP contribution in [-0.4, -0.2) is 67.8 Å². The zero-order valence-electron chi connectivity index (χ0n) is 12.0. The Balaban J connectivity index is 1.89. The molecule has 0 radical (unpaired) electrons. The van der Waals surface area contributed by atoms with Crippen molar-refractivity contribution in [2.24, 2.45) is 11.7 Å². The van der Waals surface area contributed by atoms with Crippen molar-refractivity contribution in [2.45, 2.75) is 38.8 Å². The molecule has 4 nitrogen and oxygen atoms in total. The molecule has 2 fully saturated rings. The Hall–Kier alpha value is -0.160. The van der Waals surface area contributed by atoms with Crippen LogP contribution in [-0.2, 0) is 4.74 Å². The average molecular weight is 255 g/mol. The second kappa shape index (κ2) is 6.85. The molecule has 2 heterocycles. The van der Waals surface area contributed by atoms with Crippen molar-refractivity contribution in [3.63, 3.8) is 0 Å².